The molecule has 0 aliphatic carbocycles. The lowest BCUT2D eigenvalue weighted by Crippen LogP contribution is -2.37. The molecular formula is C21H21FN2O2. The maximum atomic E-state index is 13.9. The number of hydrogen-bond acceptors (Lipinski definition) is 3. The van der Waals surface area contributed by atoms with Crippen molar-refractivity contribution in [2.24, 2.45) is 5.16 Å². The number of amides is 1. The average Bonchev–Trinajstić information content (AvgIpc) is 3.10. The molecule has 4 nitrogen and oxygen atoms in total. The zero-order chi connectivity index (χ0) is 18.5. The highest BCUT2D eigenvalue weighted by molar-refractivity contribution is 6.01. The Kier molecular flexibility index (Phi) is 5.46. The van der Waals surface area contributed by atoms with Crippen LogP contribution in [-0.4, -0.2) is 35.7 Å². The third kappa shape index (κ3) is 3.99. The van der Waals surface area contributed by atoms with Crippen LogP contribution in [0, 0.1) is 12.7 Å². The van der Waals surface area contributed by atoms with Gasteiger partial charge in [0.25, 0.3) is 5.91 Å². The summed E-state index contributed by atoms with van der Waals surface area (Å²) in [6.45, 7) is 6.47. The second kappa shape index (κ2) is 7.95. The number of aryl methyl sites for hydroxylation is 1. The van der Waals surface area contributed by atoms with Gasteiger partial charge in [-0.2, -0.15) is 0 Å². The van der Waals surface area contributed by atoms with Gasteiger partial charge < -0.3 is 9.74 Å². The maximum absolute atomic E-state index is 13.9. The van der Waals surface area contributed by atoms with Gasteiger partial charge in [-0.05, 0) is 25.1 Å². The second-order valence-electron chi connectivity index (χ2n) is 6.31. The Morgan fingerprint density at radius 1 is 1.31 bits per heavy atom. The number of nitrogens with zero attached hydrogens (tertiary/aromatic N) is 2. The topological polar surface area (TPSA) is 41.9 Å². The van der Waals surface area contributed by atoms with E-state index in [0.717, 1.165) is 5.56 Å². The molecule has 5 heteroatoms. The summed E-state index contributed by atoms with van der Waals surface area (Å²) in [6, 6.07) is 13.9. The fourth-order valence-corrected chi connectivity index (χ4v) is 2.90. The highest BCUT2D eigenvalue weighted by atomic mass is 19.1. The second-order valence-corrected chi connectivity index (χ2v) is 6.31. The monoisotopic (exact) mass is 352 g/mol. The minimum absolute atomic E-state index is 0.0900. The van der Waals surface area contributed by atoms with Crippen molar-refractivity contribution in [2.45, 2.75) is 19.4 Å². The first-order chi connectivity index (χ1) is 12.6. The molecule has 2 aromatic rings. The highest BCUT2D eigenvalue weighted by Gasteiger charge is 2.27. The van der Waals surface area contributed by atoms with Gasteiger partial charge in [-0.25, -0.2) is 4.39 Å². The van der Waals surface area contributed by atoms with E-state index >= 15 is 0 Å². The van der Waals surface area contributed by atoms with Gasteiger partial charge in [-0.1, -0.05) is 47.1 Å². The zero-order valence-corrected chi connectivity index (χ0v) is 14.7. The van der Waals surface area contributed by atoms with Gasteiger partial charge in [0.15, 0.2) is 6.10 Å². The number of hydrogen-bond donors (Lipinski definition) is 0. The molecule has 1 aliphatic rings. The quantitative estimate of drug-likeness (QED) is 0.739. The van der Waals surface area contributed by atoms with Crippen molar-refractivity contribution in [3.8, 4) is 0 Å². The van der Waals surface area contributed by atoms with Crippen LogP contribution in [0.5, 0.6) is 0 Å². The number of rotatable bonds is 6. The summed E-state index contributed by atoms with van der Waals surface area (Å²) < 4.78 is 13.9. The van der Waals surface area contributed by atoms with E-state index in [1.54, 1.807) is 29.2 Å². The van der Waals surface area contributed by atoms with Crippen molar-refractivity contribution in [1.82, 2.24) is 4.90 Å². The van der Waals surface area contributed by atoms with Crippen LogP contribution < -0.4 is 0 Å². The lowest BCUT2D eigenvalue weighted by Gasteiger charge is -2.23. The lowest BCUT2D eigenvalue weighted by atomic mass is 10.0. The first kappa shape index (κ1) is 17.9. The van der Waals surface area contributed by atoms with Crippen LogP contribution in [0.2, 0.25) is 0 Å². The summed E-state index contributed by atoms with van der Waals surface area (Å²) in [6.07, 6.45) is 1.83. The van der Waals surface area contributed by atoms with E-state index in [1.165, 1.54) is 6.07 Å². The summed E-state index contributed by atoms with van der Waals surface area (Å²) in [5.41, 5.74) is 2.72. The predicted octanol–water partition coefficient (Wildman–Crippen LogP) is 3.96. The molecule has 1 amide bonds. The average molecular weight is 352 g/mol. The molecule has 0 N–H and O–H groups in total. The first-order valence-corrected chi connectivity index (χ1v) is 8.53. The van der Waals surface area contributed by atoms with Crippen LogP contribution in [0.1, 0.15) is 27.9 Å². The fraction of sp³-hybridized carbons (Fsp3) is 0.238. The SMILES string of the molecule is C=CCN(C[C@H]1CC(c2ccccc2F)=NO1)C(=O)c1ccc(C)cc1. The van der Waals surface area contributed by atoms with E-state index in [1.807, 2.05) is 31.2 Å². The molecule has 2 aromatic carbocycles. The van der Waals surface area contributed by atoms with Crippen LogP contribution in [0.3, 0.4) is 0 Å². The Hall–Kier alpha value is -2.95. The van der Waals surface area contributed by atoms with E-state index in [9.17, 15) is 9.18 Å². The van der Waals surface area contributed by atoms with Crippen molar-refractivity contribution in [3.05, 3.63) is 83.7 Å². The zero-order valence-electron chi connectivity index (χ0n) is 14.7. The molecule has 0 saturated heterocycles. The summed E-state index contributed by atoms with van der Waals surface area (Å²) in [5.74, 6) is -0.415. The Balaban J connectivity index is 1.68. The van der Waals surface area contributed by atoms with Crippen LogP contribution in [-0.2, 0) is 4.84 Å². The van der Waals surface area contributed by atoms with E-state index < -0.39 is 0 Å². The molecule has 0 saturated carbocycles. The molecular weight excluding hydrogens is 331 g/mol. The third-order valence-electron chi connectivity index (χ3n) is 4.28. The van der Waals surface area contributed by atoms with Gasteiger partial charge in [-0.3, -0.25) is 4.79 Å². The van der Waals surface area contributed by atoms with E-state index in [-0.39, 0.29) is 17.8 Å². The fourth-order valence-electron chi connectivity index (χ4n) is 2.90. The van der Waals surface area contributed by atoms with E-state index in [4.69, 9.17) is 4.84 Å². The van der Waals surface area contributed by atoms with Crippen molar-refractivity contribution in [3.63, 3.8) is 0 Å². The Morgan fingerprint density at radius 3 is 2.73 bits per heavy atom. The van der Waals surface area contributed by atoms with E-state index in [0.29, 0.717) is 36.3 Å². The van der Waals surface area contributed by atoms with Crippen molar-refractivity contribution in [2.75, 3.05) is 13.1 Å². The molecule has 0 radical (unpaired) electrons. The van der Waals surface area contributed by atoms with Crippen LogP contribution in [0.15, 0.2) is 66.3 Å². The molecule has 1 heterocycles. The Bertz CT molecular complexity index is 830. The normalized spacial score (nSPS) is 15.9. The number of benzene rings is 2. The summed E-state index contributed by atoms with van der Waals surface area (Å²) in [4.78, 5) is 19.9. The Labute approximate surface area is 152 Å². The van der Waals surface area contributed by atoms with Gasteiger partial charge in [-0.15, -0.1) is 6.58 Å². The number of carbonyl (C=O) groups excluding carboxylic acids is 1. The maximum Gasteiger partial charge on any atom is 0.254 e. The highest BCUT2D eigenvalue weighted by Crippen LogP contribution is 2.20. The molecule has 1 atom stereocenters. The molecule has 0 fully saturated rings. The molecule has 0 aromatic heterocycles. The van der Waals surface area contributed by atoms with E-state index in [2.05, 4.69) is 11.7 Å². The molecule has 134 valence electrons. The number of halogens is 1. The summed E-state index contributed by atoms with van der Waals surface area (Å²) in [5, 5.41) is 4.02. The van der Waals surface area contributed by atoms with Gasteiger partial charge in [0.05, 0.1) is 12.3 Å². The molecule has 0 spiro atoms. The van der Waals surface area contributed by atoms with Crippen LogP contribution in [0.25, 0.3) is 0 Å². The van der Waals surface area contributed by atoms with Crippen molar-refractivity contribution in [1.29, 1.82) is 0 Å². The first-order valence-electron chi connectivity index (χ1n) is 8.53. The standard InChI is InChI=1S/C21H21FN2O2/c1-3-12-24(21(25)16-10-8-15(2)9-11-16)14-17-13-20(23-26-17)18-6-4-5-7-19(18)22/h3-11,17H,1,12-14H2,2H3/t17-/m1/s1. The molecule has 3 rings (SSSR count). The lowest BCUT2D eigenvalue weighted by molar-refractivity contribution is 0.0450. The van der Waals surface area contributed by atoms with Crippen LogP contribution >= 0.6 is 0 Å². The molecule has 0 unspecified atom stereocenters. The van der Waals surface area contributed by atoms with Crippen molar-refractivity contribution >= 4 is 11.6 Å². The molecule has 26 heavy (non-hydrogen) atoms. The molecule has 1 aliphatic heterocycles. The summed E-state index contributed by atoms with van der Waals surface area (Å²) in [7, 11) is 0. The number of carbonyl (C=O) groups is 1. The predicted molar refractivity (Wildman–Crippen MR) is 99.7 cm³/mol. The van der Waals surface area contributed by atoms with Gasteiger partial charge >= 0.3 is 0 Å². The Morgan fingerprint density at radius 2 is 2.04 bits per heavy atom. The van der Waals surface area contributed by atoms with Crippen molar-refractivity contribution < 1.29 is 14.0 Å². The minimum atomic E-state index is -0.325. The van der Waals surface area contributed by atoms with Gasteiger partial charge in [0.1, 0.15) is 5.82 Å². The smallest absolute Gasteiger partial charge is 0.254 e. The summed E-state index contributed by atoms with van der Waals surface area (Å²) >= 11 is 0. The van der Waals surface area contributed by atoms with Gasteiger partial charge in [0, 0.05) is 24.1 Å². The third-order valence-corrected chi connectivity index (χ3v) is 4.28. The van der Waals surface area contributed by atoms with Crippen LogP contribution in [0.4, 0.5) is 4.39 Å². The van der Waals surface area contributed by atoms with Gasteiger partial charge in [0.2, 0.25) is 0 Å². The largest absolute Gasteiger partial charge is 0.390 e. The minimum Gasteiger partial charge on any atom is -0.390 e. The molecule has 0 bridgehead atoms. The number of oxime groups is 1.